The van der Waals surface area contributed by atoms with Crippen LogP contribution in [0.2, 0.25) is 0 Å². The highest BCUT2D eigenvalue weighted by Crippen LogP contribution is 2.25. The van der Waals surface area contributed by atoms with Crippen molar-refractivity contribution in [2.24, 2.45) is 0 Å². The van der Waals surface area contributed by atoms with Crippen LogP contribution in [-0.2, 0) is 10.0 Å². The van der Waals surface area contributed by atoms with Crippen LogP contribution in [0.15, 0.2) is 76.1 Å². The summed E-state index contributed by atoms with van der Waals surface area (Å²) in [6.45, 7) is 1.84. The number of halogens is 1. The first-order chi connectivity index (χ1) is 11.0. The van der Waals surface area contributed by atoms with Crippen LogP contribution in [0.1, 0.15) is 18.5 Å². The molecule has 1 N–H and O–H groups in total. The highest BCUT2D eigenvalue weighted by Gasteiger charge is 2.20. The number of sulfonamides is 1. The van der Waals surface area contributed by atoms with Crippen LogP contribution < -0.4 is 4.72 Å². The van der Waals surface area contributed by atoms with Crippen molar-refractivity contribution in [1.29, 1.82) is 0 Å². The first-order valence-electron chi connectivity index (χ1n) is 7.23. The fraction of sp³-hybridized carbons (Fsp3) is 0.111. The van der Waals surface area contributed by atoms with E-state index in [0.717, 1.165) is 20.8 Å². The molecule has 0 spiro atoms. The van der Waals surface area contributed by atoms with E-state index in [4.69, 9.17) is 0 Å². The molecule has 0 aromatic heterocycles. The molecular formula is C18H16BrNO2S. The fourth-order valence-electron chi connectivity index (χ4n) is 2.55. The number of fused-ring (bicyclic) bond motifs is 1. The van der Waals surface area contributed by atoms with E-state index in [-0.39, 0.29) is 6.04 Å². The van der Waals surface area contributed by atoms with E-state index < -0.39 is 10.0 Å². The Kier molecular flexibility index (Phi) is 4.53. The zero-order valence-electron chi connectivity index (χ0n) is 12.5. The summed E-state index contributed by atoms with van der Waals surface area (Å²) >= 11 is 3.38. The molecule has 3 aromatic rings. The molecule has 1 atom stereocenters. The van der Waals surface area contributed by atoms with E-state index in [0.29, 0.717) is 4.90 Å². The van der Waals surface area contributed by atoms with Crippen LogP contribution in [0.5, 0.6) is 0 Å². The van der Waals surface area contributed by atoms with Crippen LogP contribution in [0, 0.1) is 0 Å². The molecule has 0 fully saturated rings. The summed E-state index contributed by atoms with van der Waals surface area (Å²) in [6, 6.07) is 20.1. The second-order valence-corrected chi connectivity index (χ2v) is 7.97. The molecule has 0 radical (unpaired) electrons. The Morgan fingerprint density at radius 3 is 2.30 bits per heavy atom. The molecule has 0 bridgehead atoms. The van der Waals surface area contributed by atoms with Crippen LogP contribution in [0.3, 0.4) is 0 Å². The first-order valence-corrected chi connectivity index (χ1v) is 9.50. The van der Waals surface area contributed by atoms with Crippen molar-refractivity contribution < 1.29 is 8.42 Å². The lowest BCUT2D eigenvalue weighted by molar-refractivity contribution is 0.568. The van der Waals surface area contributed by atoms with Crippen molar-refractivity contribution in [3.8, 4) is 0 Å². The molecule has 118 valence electrons. The fourth-order valence-corrected chi connectivity index (χ4v) is 4.27. The SMILES string of the molecule is CC(NS(=O)(=O)c1cccc2ccccc12)c1ccc(Br)cc1. The highest BCUT2D eigenvalue weighted by atomic mass is 79.9. The lowest BCUT2D eigenvalue weighted by Crippen LogP contribution is -2.27. The lowest BCUT2D eigenvalue weighted by Gasteiger charge is -2.16. The van der Waals surface area contributed by atoms with E-state index in [1.165, 1.54) is 0 Å². The monoisotopic (exact) mass is 389 g/mol. The van der Waals surface area contributed by atoms with Crippen molar-refractivity contribution in [2.45, 2.75) is 17.9 Å². The summed E-state index contributed by atoms with van der Waals surface area (Å²) in [5.41, 5.74) is 0.914. The molecule has 3 aromatic carbocycles. The Morgan fingerprint density at radius 2 is 1.57 bits per heavy atom. The van der Waals surface area contributed by atoms with Gasteiger partial charge in [0, 0.05) is 15.9 Å². The summed E-state index contributed by atoms with van der Waals surface area (Å²) in [5.74, 6) is 0. The molecule has 0 saturated heterocycles. The average molecular weight is 390 g/mol. The number of hydrogen-bond donors (Lipinski definition) is 1. The molecular weight excluding hydrogens is 374 g/mol. The van der Waals surface area contributed by atoms with Gasteiger partial charge in [0.25, 0.3) is 0 Å². The smallest absolute Gasteiger partial charge is 0.207 e. The van der Waals surface area contributed by atoms with Gasteiger partial charge in [0.2, 0.25) is 10.0 Å². The molecule has 5 heteroatoms. The average Bonchev–Trinajstić information content (AvgIpc) is 2.54. The van der Waals surface area contributed by atoms with Gasteiger partial charge in [0.05, 0.1) is 4.90 Å². The van der Waals surface area contributed by atoms with Crippen molar-refractivity contribution in [1.82, 2.24) is 4.72 Å². The molecule has 1 unspecified atom stereocenters. The highest BCUT2D eigenvalue weighted by molar-refractivity contribution is 9.10. The number of benzene rings is 3. The van der Waals surface area contributed by atoms with Gasteiger partial charge in [-0.05, 0) is 36.1 Å². The lowest BCUT2D eigenvalue weighted by atomic mass is 10.1. The van der Waals surface area contributed by atoms with Gasteiger partial charge in [-0.25, -0.2) is 13.1 Å². The number of nitrogens with one attached hydrogen (secondary N) is 1. The number of rotatable bonds is 4. The Bertz CT molecular complexity index is 931. The second-order valence-electron chi connectivity index (χ2n) is 5.37. The maximum atomic E-state index is 12.8. The van der Waals surface area contributed by atoms with E-state index in [9.17, 15) is 8.42 Å². The van der Waals surface area contributed by atoms with Crippen LogP contribution in [0.25, 0.3) is 10.8 Å². The maximum Gasteiger partial charge on any atom is 0.241 e. The molecule has 3 nitrogen and oxygen atoms in total. The Balaban J connectivity index is 1.96. The molecule has 3 rings (SSSR count). The summed E-state index contributed by atoms with van der Waals surface area (Å²) in [5, 5.41) is 1.64. The van der Waals surface area contributed by atoms with Crippen molar-refractivity contribution in [3.05, 3.63) is 76.8 Å². The Morgan fingerprint density at radius 1 is 0.913 bits per heavy atom. The quantitative estimate of drug-likeness (QED) is 0.706. The van der Waals surface area contributed by atoms with E-state index in [1.54, 1.807) is 12.1 Å². The van der Waals surface area contributed by atoms with Gasteiger partial charge in [-0.1, -0.05) is 64.5 Å². The van der Waals surface area contributed by atoms with Gasteiger partial charge >= 0.3 is 0 Å². The second kappa shape index (κ2) is 6.43. The molecule has 0 saturated carbocycles. The van der Waals surface area contributed by atoms with E-state index >= 15 is 0 Å². The normalized spacial score (nSPS) is 13.1. The van der Waals surface area contributed by atoms with Crippen molar-refractivity contribution >= 4 is 36.7 Å². The van der Waals surface area contributed by atoms with Crippen LogP contribution in [0.4, 0.5) is 0 Å². The van der Waals surface area contributed by atoms with Crippen molar-refractivity contribution in [3.63, 3.8) is 0 Å². The van der Waals surface area contributed by atoms with Gasteiger partial charge in [0.15, 0.2) is 0 Å². The third-order valence-electron chi connectivity index (χ3n) is 3.74. The van der Waals surface area contributed by atoms with Gasteiger partial charge in [-0.3, -0.25) is 0 Å². The summed E-state index contributed by atoms with van der Waals surface area (Å²) in [4.78, 5) is 0.305. The molecule has 0 aliphatic carbocycles. The van der Waals surface area contributed by atoms with Gasteiger partial charge in [-0.15, -0.1) is 0 Å². The van der Waals surface area contributed by atoms with Gasteiger partial charge < -0.3 is 0 Å². The largest absolute Gasteiger partial charge is 0.241 e. The Hall–Kier alpha value is -1.69. The minimum atomic E-state index is -3.61. The van der Waals surface area contributed by atoms with Crippen molar-refractivity contribution in [2.75, 3.05) is 0 Å². The zero-order chi connectivity index (χ0) is 16.4. The summed E-state index contributed by atoms with van der Waals surface area (Å²) in [6.07, 6.45) is 0. The third-order valence-corrected chi connectivity index (χ3v) is 5.87. The van der Waals surface area contributed by atoms with Crippen LogP contribution >= 0.6 is 15.9 Å². The first kappa shape index (κ1) is 16.2. The minimum Gasteiger partial charge on any atom is -0.207 e. The minimum absolute atomic E-state index is 0.305. The van der Waals surface area contributed by atoms with Gasteiger partial charge in [-0.2, -0.15) is 0 Å². The summed E-state index contributed by atoms with van der Waals surface area (Å²) in [7, 11) is -3.61. The van der Waals surface area contributed by atoms with E-state index in [2.05, 4.69) is 20.7 Å². The molecule has 0 heterocycles. The predicted molar refractivity (Wildman–Crippen MR) is 96.8 cm³/mol. The molecule has 0 aliphatic heterocycles. The number of hydrogen-bond acceptors (Lipinski definition) is 2. The van der Waals surface area contributed by atoms with E-state index in [1.807, 2.05) is 61.5 Å². The predicted octanol–water partition coefficient (Wildman–Crippen LogP) is 4.64. The maximum absolute atomic E-state index is 12.8. The molecule has 0 amide bonds. The standard InChI is InChI=1S/C18H16BrNO2S/c1-13(14-9-11-16(19)12-10-14)20-23(21,22)18-8-4-6-15-5-2-3-7-17(15)18/h2-13,20H,1H3. The zero-order valence-corrected chi connectivity index (χ0v) is 14.9. The van der Waals surface area contributed by atoms with Crippen LogP contribution in [-0.4, -0.2) is 8.42 Å². The molecule has 0 aliphatic rings. The van der Waals surface area contributed by atoms with Gasteiger partial charge in [0.1, 0.15) is 0 Å². The topological polar surface area (TPSA) is 46.2 Å². The summed E-state index contributed by atoms with van der Waals surface area (Å²) < 4.78 is 29.3. The third kappa shape index (κ3) is 3.47. The molecule has 23 heavy (non-hydrogen) atoms. The Labute approximate surface area is 144 Å².